The van der Waals surface area contributed by atoms with E-state index < -0.39 is 0 Å². The van der Waals surface area contributed by atoms with E-state index in [1.54, 1.807) is 0 Å². The van der Waals surface area contributed by atoms with Crippen molar-refractivity contribution in [2.24, 2.45) is 5.41 Å². The highest BCUT2D eigenvalue weighted by Gasteiger charge is 2.30. The smallest absolute Gasteiger partial charge is 0.0406 e. The van der Waals surface area contributed by atoms with Crippen molar-refractivity contribution in [2.45, 2.75) is 26.8 Å². The first kappa shape index (κ1) is 16.8. The summed E-state index contributed by atoms with van der Waals surface area (Å²) in [5.74, 6) is 0. The molecule has 19 heavy (non-hydrogen) atoms. The van der Waals surface area contributed by atoms with E-state index in [1.165, 1.54) is 18.5 Å². The molecule has 1 aliphatic rings. The van der Waals surface area contributed by atoms with Gasteiger partial charge in [-0.2, -0.15) is 0 Å². The maximum Gasteiger partial charge on any atom is 0.0406 e. The van der Waals surface area contributed by atoms with Crippen LogP contribution in [0.3, 0.4) is 0 Å². The minimum absolute atomic E-state index is 0. The molecule has 0 amide bonds. The average Bonchev–Trinajstić information content (AvgIpc) is 2.78. The van der Waals surface area contributed by atoms with Crippen LogP contribution in [0.1, 0.15) is 25.8 Å². The molecule has 0 aliphatic carbocycles. The fraction of sp³-hybridized carbons (Fsp3) is 0.600. The lowest BCUT2D eigenvalue weighted by Gasteiger charge is -2.31. The van der Waals surface area contributed by atoms with Gasteiger partial charge < -0.3 is 5.32 Å². The van der Waals surface area contributed by atoms with Gasteiger partial charge in [-0.3, -0.25) is 4.90 Å². The van der Waals surface area contributed by atoms with Crippen LogP contribution in [0.25, 0.3) is 0 Å². The first-order valence-electron chi connectivity index (χ1n) is 6.79. The third kappa shape index (κ3) is 4.96. The monoisotopic (exact) mass is 302 g/mol. The second-order valence-corrected chi connectivity index (χ2v) is 6.10. The van der Waals surface area contributed by atoms with Crippen LogP contribution in [-0.2, 0) is 6.54 Å². The van der Waals surface area contributed by atoms with Crippen molar-refractivity contribution < 1.29 is 0 Å². The predicted octanol–water partition coefficient (Wildman–Crippen LogP) is 3.58. The molecule has 1 aromatic carbocycles. The molecule has 0 bridgehead atoms. The van der Waals surface area contributed by atoms with Gasteiger partial charge >= 0.3 is 0 Å². The van der Waals surface area contributed by atoms with Gasteiger partial charge in [0.2, 0.25) is 0 Å². The van der Waals surface area contributed by atoms with Crippen LogP contribution in [0.2, 0.25) is 5.02 Å². The zero-order valence-corrected chi connectivity index (χ0v) is 13.4. The molecular formula is C15H24Cl2N2. The third-order valence-corrected chi connectivity index (χ3v) is 4.08. The second kappa shape index (κ2) is 7.49. The van der Waals surface area contributed by atoms with Crippen molar-refractivity contribution in [1.29, 1.82) is 0 Å². The molecule has 1 unspecified atom stereocenters. The summed E-state index contributed by atoms with van der Waals surface area (Å²) in [4.78, 5) is 2.52. The van der Waals surface area contributed by atoms with Crippen LogP contribution in [0.4, 0.5) is 0 Å². The standard InChI is InChI=1S/C15H23ClN2.ClH/c1-3-18(12-15(2)8-9-17-11-15)10-13-4-6-14(16)7-5-13;/h4-7,17H,3,8-12H2,1-2H3;1H. The van der Waals surface area contributed by atoms with Crippen LogP contribution in [0.15, 0.2) is 24.3 Å². The van der Waals surface area contributed by atoms with E-state index in [0.717, 1.165) is 31.2 Å². The molecule has 108 valence electrons. The number of halogens is 2. The summed E-state index contributed by atoms with van der Waals surface area (Å²) in [5, 5.41) is 4.28. The maximum atomic E-state index is 5.92. The first-order valence-corrected chi connectivity index (χ1v) is 7.17. The molecule has 1 aliphatic heterocycles. The van der Waals surface area contributed by atoms with E-state index in [2.05, 4.69) is 36.2 Å². The Morgan fingerprint density at radius 3 is 2.53 bits per heavy atom. The highest BCUT2D eigenvalue weighted by Crippen LogP contribution is 2.26. The summed E-state index contributed by atoms with van der Waals surface area (Å²) in [6.45, 7) is 10.2. The number of hydrogen-bond acceptors (Lipinski definition) is 2. The van der Waals surface area contributed by atoms with Crippen LogP contribution in [0, 0.1) is 5.41 Å². The van der Waals surface area contributed by atoms with Gasteiger partial charge in [0.25, 0.3) is 0 Å². The molecule has 4 heteroatoms. The highest BCUT2D eigenvalue weighted by atomic mass is 35.5. The third-order valence-electron chi connectivity index (χ3n) is 3.83. The van der Waals surface area contributed by atoms with E-state index in [9.17, 15) is 0 Å². The molecule has 1 fully saturated rings. The Morgan fingerprint density at radius 2 is 2.00 bits per heavy atom. The number of hydrogen-bond donors (Lipinski definition) is 1. The van der Waals surface area contributed by atoms with Crippen LogP contribution in [-0.4, -0.2) is 31.1 Å². The van der Waals surface area contributed by atoms with Crippen molar-refractivity contribution in [3.05, 3.63) is 34.9 Å². The summed E-state index contributed by atoms with van der Waals surface area (Å²) < 4.78 is 0. The number of nitrogens with zero attached hydrogens (tertiary/aromatic N) is 1. The molecule has 1 saturated heterocycles. The van der Waals surface area contributed by atoms with Gasteiger partial charge in [-0.1, -0.05) is 37.6 Å². The zero-order chi connectivity index (χ0) is 13.0. The van der Waals surface area contributed by atoms with Gasteiger partial charge in [0.05, 0.1) is 0 Å². The summed E-state index contributed by atoms with van der Waals surface area (Å²) in [7, 11) is 0. The Bertz CT molecular complexity index is 372. The molecule has 0 radical (unpaired) electrons. The van der Waals surface area contributed by atoms with E-state index in [-0.39, 0.29) is 12.4 Å². The van der Waals surface area contributed by atoms with E-state index in [1.807, 2.05) is 12.1 Å². The SMILES string of the molecule is CCN(Cc1ccc(Cl)cc1)CC1(C)CCNC1.Cl. The van der Waals surface area contributed by atoms with Gasteiger partial charge in [-0.15, -0.1) is 12.4 Å². The van der Waals surface area contributed by atoms with E-state index in [0.29, 0.717) is 5.41 Å². The van der Waals surface area contributed by atoms with Crippen molar-refractivity contribution in [3.8, 4) is 0 Å². The molecule has 0 spiro atoms. The van der Waals surface area contributed by atoms with Crippen molar-refractivity contribution >= 4 is 24.0 Å². The fourth-order valence-corrected chi connectivity index (χ4v) is 2.80. The van der Waals surface area contributed by atoms with Gasteiger partial charge in [0, 0.05) is 24.7 Å². The van der Waals surface area contributed by atoms with Crippen molar-refractivity contribution in [3.63, 3.8) is 0 Å². The molecule has 2 nitrogen and oxygen atoms in total. The normalized spacial score (nSPS) is 22.5. The van der Waals surface area contributed by atoms with E-state index >= 15 is 0 Å². The van der Waals surface area contributed by atoms with Crippen molar-refractivity contribution in [1.82, 2.24) is 10.2 Å². The minimum atomic E-state index is 0. The largest absolute Gasteiger partial charge is 0.316 e. The van der Waals surface area contributed by atoms with Crippen molar-refractivity contribution in [2.75, 3.05) is 26.2 Å². The number of rotatable bonds is 5. The first-order chi connectivity index (χ1) is 8.61. The minimum Gasteiger partial charge on any atom is -0.316 e. The lowest BCUT2D eigenvalue weighted by Crippen LogP contribution is -2.37. The zero-order valence-electron chi connectivity index (χ0n) is 11.8. The lowest BCUT2D eigenvalue weighted by atomic mass is 9.89. The Balaban J connectivity index is 0.00000180. The number of nitrogens with one attached hydrogen (secondary N) is 1. The Kier molecular flexibility index (Phi) is 6.61. The van der Waals surface area contributed by atoms with Crippen LogP contribution < -0.4 is 5.32 Å². The molecule has 0 aromatic heterocycles. The molecular weight excluding hydrogens is 279 g/mol. The second-order valence-electron chi connectivity index (χ2n) is 5.67. The summed E-state index contributed by atoms with van der Waals surface area (Å²) >= 11 is 5.92. The molecule has 1 N–H and O–H groups in total. The lowest BCUT2D eigenvalue weighted by molar-refractivity contribution is 0.178. The number of benzene rings is 1. The fourth-order valence-electron chi connectivity index (χ4n) is 2.67. The molecule has 1 atom stereocenters. The topological polar surface area (TPSA) is 15.3 Å². The Hall–Kier alpha value is -0.280. The van der Waals surface area contributed by atoms with E-state index in [4.69, 9.17) is 11.6 Å². The summed E-state index contributed by atoms with van der Waals surface area (Å²) in [5.41, 5.74) is 1.78. The molecule has 2 rings (SSSR count). The predicted molar refractivity (Wildman–Crippen MR) is 85.2 cm³/mol. The van der Waals surface area contributed by atoms with Gasteiger partial charge in [0.1, 0.15) is 0 Å². The van der Waals surface area contributed by atoms with Gasteiger partial charge in [-0.05, 0) is 42.6 Å². The van der Waals surface area contributed by atoms with Gasteiger partial charge in [0.15, 0.2) is 0 Å². The Labute approximate surface area is 127 Å². The summed E-state index contributed by atoms with van der Waals surface area (Å²) in [6.07, 6.45) is 1.28. The molecule has 1 aromatic rings. The van der Waals surface area contributed by atoms with Gasteiger partial charge in [-0.25, -0.2) is 0 Å². The quantitative estimate of drug-likeness (QED) is 0.894. The summed E-state index contributed by atoms with van der Waals surface area (Å²) in [6, 6.07) is 8.20. The van der Waals surface area contributed by atoms with Crippen LogP contribution in [0.5, 0.6) is 0 Å². The Morgan fingerprint density at radius 1 is 1.32 bits per heavy atom. The molecule has 0 saturated carbocycles. The highest BCUT2D eigenvalue weighted by molar-refractivity contribution is 6.30. The van der Waals surface area contributed by atoms with Crippen LogP contribution >= 0.6 is 24.0 Å². The average molecular weight is 303 g/mol. The molecule has 1 heterocycles. The maximum absolute atomic E-state index is 5.92.